The van der Waals surface area contributed by atoms with Gasteiger partial charge in [-0.25, -0.2) is 0 Å². The van der Waals surface area contributed by atoms with E-state index >= 15 is 0 Å². The first kappa shape index (κ1) is 18.0. The molecule has 1 saturated heterocycles. The zero-order valence-electron chi connectivity index (χ0n) is 16.1. The van der Waals surface area contributed by atoms with Crippen LogP contribution in [0.3, 0.4) is 0 Å². The van der Waals surface area contributed by atoms with Crippen LogP contribution in [0.2, 0.25) is 0 Å². The molecule has 2 rings (SSSR count). The highest BCUT2D eigenvalue weighted by atomic mass is 16.1. The van der Waals surface area contributed by atoms with Crippen LogP contribution in [0.5, 0.6) is 0 Å². The lowest BCUT2D eigenvalue weighted by Gasteiger charge is -2.41. The topological polar surface area (TPSA) is 44.7 Å². The molecule has 0 radical (unpaired) electrons. The van der Waals surface area contributed by atoms with Crippen molar-refractivity contribution in [2.75, 3.05) is 13.1 Å². The fourth-order valence-electron chi connectivity index (χ4n) is 3.93. The maximum atomic E-state index is 11.3. The lowest BCUT2D eigenvalue weighted by molar-refractivity contribution is -0.119. The van der Waals surface area contributed by atoms with E-state index in [9.17, 15) is 4.79 Å². The van der Waals surface area contributed by atoms with Gasteiger partial charge in [-0.15, -0.1) is 0 Å². The summed E-state index contributed by atoms with van der Waals surface area (Å²) in [4.78, 5) is 18.8. The summed E-state index contributed by atoms with van der Waals surface area (Å²) in [5.74, 6) is 1.71. The first-order valence-corrected chi connectivity index (χ1v) is 8.75. The first-order chi connectivity index (χ1) is 10.4. The summed E-state index contributed by atoms with van der Waals surface area (Å²) in [6.45, 7) is 19.1. The van der Waals surface area contributed by atoms with Gasteiger partial charge in [0.2, 0.25) is 5.91 Å². The van der Waals surface area contributed by atoms with Crippen molar-refractivity contribution in [1.82, 2.24) is 10.2 Å². The van der Waals surface area contributed by atoms with Gasteiger partial charge in [-0.05, 0) is 30.3 Å². The van der Waals surface area contributed by atoms with Gasteiger partial charge in [0.1, 0.15) is 5.84 Å². The van der Waals surface area contributed by atoms with Crippen LogP contribution in [0.1, 0.15) is 61.8 Å². The van der Waals surface area contributed by atoms with Gasteiger partial charge in [0.05, 0.1) is 6.04 Å². The Bertz CT molecular complexity index is 546. The van der Waals surface area contributed by atoms with E-state index in [1.807, 2.05) is 0 Å². The van der Waals surface area contributed by atoms with E-state index < -0.39 is 0 Å². The number of allylic oxidation sites excluding steroid dienone is 1. The van der Waals surface area contributed by atoms with E-state index in [0.29, 0.717) is 5.92 Å². The number of carbonyl (C=O) groups excluding carboxylic acids is 1. The van der Waals surface area contributed by atoms with Crippen LogP contribution in [0.15, 0.2) is 16.3 Å². The number of hydrogen-bond donors (Lipinski definition) is 1. The van der Waals surface area contributed by atoms with E-state index in [4.69, 9.17) is 4.99 Å². The highest BCUT2D eigenvalue weighted by Crippen LogP contribution is 2.44. The molecule has 0 aromatic rings. The third-order valence-corrected chi connectivity index (χ3v) is 4.67. The maximum Gasteiger partial charge on any atom is 0.216 e. The quantitative estimate of drug-likeness (QED) is 0.845. The van der Waals surface area contributed by atoms with Crippen LogP contribution in [-0.2, 0) is 4.79 Å². The van der Waals surface area contributed by atoms with Gasteiger partial charge in [0.15, 0.2) is 0 Å². The smallest absolute Gasteiger partial charge is 0.216 e. The van der Waals surface area contributed by atoms with Crippen LogP contribution >= 0.6 is 0 Å². The van der Waals surface area contributed by atoms with Gasteiger partial charge in [-0.1, -0.05) is 41.5 Å². The Morgan fingerprint density at radius 2 is 1.83 bits per heavy atom. The summed E-state index contributed by atoms with van der Waals surface area (Å²) in [7, 11) is 0. The van der Waals surface area contributed by atoms with Crippen LogP contribution in [0.4, 0.5) is 0 Å². The molecule has 130 valence electrons. The minimum absolute atomic E-state index is 0.0336. The fourth-order valence-corrected chi connectivity index (χ4v) is 3.93. The Morgan fingerprint density at radius 3 is 2.30 bits per heavy atom. The normalized spacial score (nSPS) is 25.4. The summed E-state index contributed by atoms with van der Waals surface area (Å²) < 4.78 is 0. The van der Waals surface area contributed by atoms with Crippen molar-refractivity contribution < 1.29 is 4.79 Å². The predicted octanol–water partition coefficient (Wildman–Crippen LogP) is 3.59. The van der Waals surface area contributed by atoms with E-state index in [2.05, 4.69) is 58.7 Å². The Hall–Kier alpha value is -1.32. The van der Waals surface area contributed by atoms with Gasteiger partial charge in [-0.2, -0.15) is 0 Å². The third-order valence-electron chi connectivity index (χ3n) is 4.67. The number of hydrogen-bond acceptors (Lipinski definition) is 3. The molecule has 2 aliphatic heterocycles. The first-order valence-electron chi connectivity index (χ1n) is 8.75. The molecule has 0 unspecified atom stereocenters. The summed E-state index contributed by atoms with van der Waals surface area (Å²) >= 11 is 0. The molecule has 1 amide bonds. The number of aliphatic imine (C=N–C) groups is 1. The second-order valence-corrected chi connectivity index (χ2v) is 9.11. The standard InChI is InChI=1S/C19H33N3O/c1-12-16(18(3,4)5)15-9-14(10-20-13(2)23)11-22(15)17(21-12)19(6,7)8/h12,14H,9-11H2,1-8H3,(H,20,23)/t12-,14+/m0/s1. The maximum absolute atomic E-state index is 11.3. The van der Waals surface area contributed by atoms with Gasteiger partial charge in [-0.3, -0.25) is 9.79 Å². The lowest BCUT2D eigenvalue weighted by Crippen LogP contribution is -2.43. The summed E-state index contributed by atoms with van der Waals surface area (Å²) in [6.07, 6.45) is 1.03. The van der Waals surface area contributed by atoms with Crippen molar-refractivity contribution in [1.29, 1.82) is 0 Å². The molecule has 2 aliphatic rings. The van der Waals surface area contributed by atoms with E-state index in [1.165, 1.54) is 17.1 Å². The van der Waals surface area contributed by atoms with Gasteiger partial charge >= 0.3 is 0 Å². The molecular weight excluding hydrogens is 286 g/mol. The van der Waals surface area contributed by atoms with E-state index in [-0.39, 0.29) is 22.8 Å². The SMILES string of the molecule is CC(=O)NC[C@H]1CC2=C(C(C)(C)C)[C@H](C)N=C(C(C)(C)C)N2C1. The molecule has 2 heterocycles. The average Bonchev–Trinajstić information content (AvgIpc) is 2.75. The molecule has 1 fully saturated rings. The van der Waals surface area contributed by atoms with Crippen molar-refractivity contribution in [3.05, 3.63) is 11.3 Å². The minimum atomic E-state index is 0.0336. The Balaban J connectivity index is 2.38. The van der Waals surface area contributed by atoms with Crippen molar-refractivity contribution in [3.8, 4) is 0 Å². The molecule has 2 atom stereocenters. The molecule has 0 aromatic carbocycles. The second-order valence-electron chi connectivity index (χ2n) is 9.11. The second kappa shape index (κ2) is 5.95. The fraction of sp³-hybridized carbons (Fsp3) is 0.789. The molecule has 1 N–H and O–H groups in total. The summed E-state index contributed by atoms with van der Waals surface area (Å²) in [6, 6.07) is 0.231. The Morgan fingerprint density at radius 1 is 1.22 bits per heavy atom. The molecule has 0 aromatic heterocycles. The molecule has 4 nitrogen and oxygen atoms in total. The number of nitrogens with zero attached hydrogens (tertiary/aromatic N) is 2. The number of carbonyl (C=O) groups is 1. The molecule has 0 saturated carbocycles. The molecule has 0 aliphatic carbocycles. The van der Waals surface area contributed by atoms with Crippen molar-refractivity contribution in [2.24, 2.45) is 21.7 Å². The van der Waals surface area contributed by atoms with Crippen molar-refractivity contribution in [3.63, 3.8) is 0 Å². The van der Waals surface area contributed by atoms with Crippen LogP contribution < -0.4 is 5.32 Å². The van der Waals surface area contributed by atoms with Gasteiger partial charge < -0.3 is 10.2 Å². The highest BCUT2D eigenvalue weighted by molar-refractivity contribution is 5.90. The van der Waals surface area contributed by atoms with Crippen LogP contribution in [0.25, 0.3) is 0 Å². The Labute approximate surface area is 141 Å². The largest absolute Gasteiger partial charge is 0.356 e. The van der Waals surface area contributed by atoms with Crippen LogP contribution in [-0.4, -0.2) is 35.8 Å². The Kier molecular flexibility index (Phi) is 4.67. The van der Waals surface area contributed by atoms with Crippen molar-refractivity contribution in [2.45, 2.75) is 67.9 Å². The monoisotopic (exact) mass is 319 g/mol. The highest BCUT2D eigenvalue weighted by Gasteiger charge is 2.42. The van der Waals surface area contributed by atoms with E-state index in [1.54, 1.807) is 6.92 Å². The molecular formula is C19H33N3O. The average molecular weight is 319 g/mol. The van der Waals surface area contributed by atoms with Gasteiger partial charge in [0.25, 0.3) is 0 Å². The number of amides is 1. The number of amidine groups is 1. The number of nitrogens with one attached hydrogen (secondary N) is 1. The zero-order chi connectivity index (χ0) is 17.6. The lowest BCUT2D eigenvalue weighted by atomic mass is 9.79. The van der Waals surface area contributed by atoms with E-state index in [0.717, 1.165) is 19.5 Å². The zero-order valence-corrected chi connectivity index (χ0v) is 16.1. The van der Waals surface area contributed by atoms with Crippen LogP contribution in [0, 0.1) is 16.7 Å². The third kappa shape index (κ3) is 3.78. The summed E-state index contributed by atoms with van der Waals surface area (Å²) in [5, 5.41) is 2.99. The number of rotatable bonds is 2. The summed E-state index contributed by atoms with van der Waals surface area (Å²) in [5.41, 5.74) is 3.05. The van der Waals surface area contributed by atoms with Crippen molar-refractivity contribution >= 4 is 11.7 Å². The molecule has 0 spiro atoms. The minimum Gasteiger partial charge on any atom is -0.356 e. The molecule has 4 heteroatoms. The molecule has 23 heavy (non-hydrogen) atoms. The molecule has 0 bridgehead atoms. The van der Waals surface area contributed by atoms with Gasteiger partial charge in [0, 0.05) is 31.1 Å². The predicted molar refractivity (Wildman–Crippen MR) is 96.3 cm³/mol. The number of fused-ring (bicyclic) bond motifs is 1.